The molecule has 0 fully saturated rings. The highest BCUT2D eigenvalue weighted by atomic mass is 32.1. The number of nitrogens with zero attached hydrogens (tertiary/aromatic N) is 2. The number of hydrogen-bond acceptors (Lipinski definition) is 2. The van der Waals surface area contributed by atoms with Crippen molar-refractivity contribution in [3.63, 3.8) is 0 Å². The van der Waals surface area contributed by atoms with Gasteiger partial charge in [-0.05, 0) is 47.5 Å². The number of aromatic nitrogens is 1. The number of benzene rings is 1. The second kappa shape index (κ2) is 7.18. The van der Waals surface area contributed by atoms with Crippen molar-refractivity contribution in [1.82, 2.24) is 9.88 Å². The highest BCUT2D eigenvalue weighted by Gasteiger charge is 2.06. The van der Waals surface area contributed by atoms with Gasteiger partial charge in [0.2, 0.25) is 0 Å². The fraction of sp³-hybridized carbons (Fsp3) is 0.294. The van der Waals surface area contributed by atoms with E-state index in [1.54, 1.807) is 6.20 Å². The molecule has 0 amide bonds. The normalized spacial score (nSPS) is 10.5. The standard InChI is InChI=1S/C17H21N3S/c1-13(2)15-6-8-16(9-7-15)19-17(21)20(3)12-14-5-4-10-18-11-14/h4-11,13H,12H2,1-3H3,(H,19,21). The maximum Gasteiger partial charge on any atom is 0.173 e. The van der Waals surface area contributed by atoms with Gasteiger partial charge in [0.15, 0.2) is 5.11 Å². The summed E-state index contributed by atoms with van der Waals surface area (Å²) in [5, 5.41) is 3.97. The molecule has 0 spiro atoms. The van der Waals surface area contributed by atoms with Crippen molar-refractivity contribution in [1.29, 1.82) is 0 Å². The molecule has 21 heavy (non-hydrogen) atoms. The Morgan fingerprint density at radius 1 is 1.24 bits per heavy atom. The zero-order valence-corrected chi connectivity index (χ0v) is 13.5. The first kappa shape index (κ1) is 15.4. The third kappa shape index (κ3) is 4.53. The van der Waals surface area contributed by atoms with Crippen LogP contribution >= 0.6 is 12.2 Å². The van der Waals surface area contributed by atoms with Crippen LogP contribution in [0.3, 0.4) is 0 Å². The fourth-order valence-corrected chi connectivity index (χ4v) is 2.19. The lowest BCUT2D eigenvalue weighted by molar-refractivity contribution is 0.507. The van der Waals surface area contributed by atoms with E-state index in [-0.39, 0.29) is 0 Å². The summed E-state index contributed by atoms with van der Waals surface area (Å²) < 4.78 is 0. The molecular weight excluding hydrogens is 278 g/mol. The molecule has 0 atom stereocenters. The Kier molecular flexibility index (Phi) is 5.28. The highest BCUT2D eigenvalue weighted by molar-refractivity contribution is 7.80. The van der Waals surface area contributed by atoms with Crippen LogP contribution in [-0.4, -0.2) is 22.0 Å². The summed E-state index contributed by atoms with van der Waals surface area (Å²) in [7, 11) is 1.98. The quantitative estimate of drug-likeness (QED) is 0.863. The van der Waals surface area contributed by atoms with Crippen LogP contribution in [0.15, 0.2) is 48.8 Å². The Morgan fingerprint density at radius 2 is 1.95 bits per heavy atom. The molecule has 0 bridgehead atoms. The van der Waals surface area contributed by atoms with E-state index < -0.39 is 0 Å². The zero-order valence-electron chi connectivity index (χ0n) is 12.7. The predicted octanol–water partition coefficient (Wildman–Crippen LogP) is 4.03. The topological polar surface area (TPSA) is 28.2 Å². The summed E-state index contributed by atoms with van der Waals surface area (Å²) in [6.07, 6.45) is 3.63. The predicted molar refractivity (Wildman–Crippen MR) is 92.5 cm³/mol. The smallest absolute Gasteiger partial charge is 0.173 e. The molecule has 0 unspecified atom stereocenters. The molecule has 0 aliphatic carbocycles. The molecule has 3 nitrogen and oxygen atoms in total. The number of pyridine rings is 1. The van der Waals surface area contributed by atoms with Crippen molar-refractivity contribution in [3.05, 3.63) is 59.9 Å². The van der Waals surface area contributed by atoms with Crippen molar-refractivity contribution in [2.24, 2.45) is 0 Å². The van der Waals surface area contributed by atoms with E-state index in [9.17, 15) is 0 Å². The second-order valence-electron chi connectivity index (χ2n) is 5.42. The monoisotopic (exact) mass is 299 g/mol. The first-order chi connectivity index (χ1) is 10.1. The average molecular weight is 299 g/mol. The van der Waals surface area contributed by atoms with Crippen LogP contribution in [0.1, 0.15) is 30.9 Å². The van der Waals surface area contributed by atoms with Crippen LogP contribution < -0.4 is 5.32 Å². The van der Waals surface area contributed by atoms with Crippen molar-refractivity contribution in [3.8, 4) is 0 Å². The number of hydrogen-bond donors (Lipinski definition) is 1. The summed E-state index contributed by atoms with van der Waals surface area (Å²) in [5.74, 6) is 0.541. The van der Waals surface area contributed by atoms with E-state index in [2.05, 4.69) is 48.4 Å². The van der Waals surface area contributed by atoms with Gasteiger partial charge in [0.25, 0.3) is 0 Å². The minimum Gasteiger partial charge on any atom is -0.348 e. The first-order valence-corrected chi connectivity index (χ1v) is 7.48. The van der Waals surface area contributed by atoms with Gasteiger partial charge in [-0.2, -0.15) is 0 Å². The summed E-state index contributed by atoms with van der Waals surface area (Å²) in [6, 6.07) is 12.4. The van der Waals surface area contributed by atoms with Gasteiger partial charge in [-0.15, -0.1) is 0 Å². The lowest BCUT2D eigenvalue weighted by Gasteiger charge is -2.21. The molecule has 0 aliphatic rings. The maximum absolute atomic E-state index is 5.44. The molecule has 2 rings (SSSR count). The molecule has 1 N–H and O–H groups in total. The Labute approximate surface area is 132 Å². The van der Waals surface area contributed by atoms with Gasteiger partial charge in [0.1, 0.15) is 0 Å². The Bertz CT molecular complexity index is 579. The van der Waals surface area contributed by atoms with Crippen LogP contribution in [0.2, 0.25) is 0 Å². The van der Waals surface area contributed by atoms with Crippen molar-refractivity contribution >= 4 is 23.0 Å². The molecule has 0 saturated carbocycles. The number of nitrogens with one attached hydrogen (secondary N) is 1. The van der Waals surface area contributed by atoms with E-state index in [4.69, 9.17) is 12.2 Å². The lowest BCUT2D eigenvalue weighted by Crippen LogP contribution is -2.30. The van der Waals surface area contributed by atoms with Gasteiger partial charge in [-0.3, -0.25) is 4.98 Å². The van der Waals surface area contributed by atoms with Crippen LogP contribution in [0, 0.1) is 0 Å². The molecule has 0 aliphatic heterocycles. The minimum atomic E-state index is 0.541. The van der Waals surface area contributed by atoms with Gasteiger partial charge in [0.05, 0.1) is 0 Å². The molecule has 1 aromatic heterocycles. The molecule has 1 aromatic carbocycles. The molecular formula is C17H21N3S. The summed E-state index contributed by atoms with van der Waals surface area (Å²) in [6.45, 7) is 5.12. The third-order valence-corrected chi connectivity index (χ3v) is 3.73. The largest absolute Gasteiger partial charge is 0.348 e. The van der Waals surface area contributed by atoms with Crippen LogP contribution in [-0.2, 0) is 6.54 Å². The van der Waals surface area contributed by atoms with Crippen LogP contribution in [0.25, 0.3) is 0 Å². The minimum absolute atomic E-state index is 0.541. The van der Waals surface area contributed by atoms with Gasteiger partial charge < -0.3 is 10.2 Å². The fourth-order valence-electron chi connectivity index (χ4n) is 2.01. The number of rotatable bonds is 4. The Hall–Kier alpha value is -1.94. The Morgan fingerprint density at radius 3 is 2.52 bits per heavy atom. The lowest BCUT2D eigenvalue weighted by atomic mass is 10.0. The molecule has 0 saturated heterocycles. The van der Waals surface area contributed by atoms with Crippen LogP contribution in [0.4, 0.5) is 5.69 Å². The second-order valence-corrected chi connectivity index (χ2v) is 5.81. The van der Waals surface area contributed by atoms with Gasteiger partial charge >= 0.3 is 0 Å². The molecule has 0 radical (unpaired) electrons. The van der Waals surface area contributed by atoms with Crippen molar-refractivity contribution in [2.45, 2.75) is 26.3 Å². The molecule has 2 aromatic rings. The maximum atomic E-state index is 5.44. The first-order valence-electron chi connectivity index (χ1n) is 7.07. The van der Waals surface area contributed by atoms with E-state index in [1.165, 1.54) is 5.56 Å². The molecule has 4 heteroatoms. The van der Waals surface area contributed by atoms with Gasteiger partial charge in [0, 0.05) is 31.7 Å². The summed E-state index contributed by atoms with van der Waals surface area (Å²) in [5.41, 5.74) is 3.48. The SMILES string of the molecule is CC(C)c1ccc(NC(=S)N(C)Cc2cccnc2)cc1. The third-order valence-electron chi connectivity index (χ3n) is 3.32. The van der Waals surface area contributed by atoms with E-state index in [1.807, 2.05) is 30.3 Å². The number of thiocarbonyl (C=S) groups is 1. The van der Waals surface area contributed by atoms with Gasteiger partial charge in [-0.25, -0.2) is 0 Å². The zero-order chi connectivity index (χ0) is 15.2. The summed E-state index contributed by atoms with van der Waals surface area (Å²) in [4.78, 5) is 6.12. The number of anilines is 1. The Balaban J connectivity index is 1.94. The summed E-state index contributed by atoms with van der Waals surface area (Å²) >= 11 is 5.44. The van der Waals surface area contributed by atoms with Gasteiger partial charge in [-0.1, -0.05) is 32.0 Å². The van der Waals surface area contributed by atoms with Crippen LogP contribution in [0.5, 0.6) is 0 Å². The molecule has 1 heterocycles. The van der Waals surface area contributed by atoms with E-state index in [0.717, 1.165) is 17.8 Å². The van der Waals surface area contributed by atoms with E-state index in [0.29, 0.717) is 11.0 Å². The van der Waals surface area contributed by atoms with Crippen molar-refractivity contribution in [2.75, 3.05) is 12.4 Å². The average Bonchev–Trinajstić information content (AvgIpc) is 2.48. The molecule has 110 valence electrons. The van der Waals surface area contributed by atoms with E-state index >= 15 is 0 Å². The van der Waals surface area contributed by atoms with Crippen molar-refractivity contribution < 1.29 is 0 Å². The highest BCUT2D eigenvalue weighted by Crippen LogP contribution is 2.17.